The number of nitrogens with zero attached hydrogens (tertiary/aromatic N) is 1. The van der Waals surface area contributed by atoms with Crippen molar-refractivity contribution in [2.75, 3.05) is 17.2 Å². The molecule has 0 saturated carbocycles. The Balaban J connectivity index is 2.37. The number of amides is 1. The van der Waals surface area contributed by atoms with Crippen LogP contribution in [0.15, 0.2) is 29.2 Å². The Bertz CT molecular complexity index is 559. The molecule has 1 aliphatic rings. The van der Waals surface area contributed by atoms with Gasteiger partial charge in [-0.25, -0.2) is 0 Å². The molecule has 0 aromatic heterocycles. The minimum atomic E-state index is -1.13. The van der Waals surface area contributed by atoms with E-state index in [4.69, 9.17) is 10.2 Å². The topological polar surface area (TPSA) is 94.9 Å². The maximum absolute atomic E-state index is 12.4. The van der Waals surface area contributed by atoms with Crippen LogP contribution in [0.2, 0.25) is 0 Å². The summed E-state index contributed by atoms with van der Waals surface area (Å²) in [6.45, 7) is -0.466. The van der Waals surface area contributed by atoms with Crippen molar-refractivity contribution in [3.63, 3.8) is 0 Å². The molecule has 1 aliphatic heterocycles. The van der Waals surface area contributed by atoms with E-state index in [-0.39, 0.29) is 6.42 Å². The number of anilines is 1. The lowest BCUT2D eigenvalue weighted by molar-refractivity contribution is -0.140. The van der Waals surface area contributed by atoms with E-state index in [2.05, 4.69) is 0 Å². The number of hydrogen-bond donors (Lipinski definition) is 2. The summed E-state index contributed by atoms with van der Waals surface area (Å²) in [5, 5.41) is 17.8. The van der Waals surface area contributed by atoms with E-state index in [9.17, 15) is 14.4 Å². The van der Waals surface area contributed by atoms with E-state index in [1.54, 1.807) is 24.3 Å². The van der Waals surface area contributed by atoms with Crippen LogP contribution in [0.5, 0.6) is 0 Å². The lowest BCUT2D eigenvalue weighted by atomic mass is 10.1. The van der Waals surface area contributed by atoms with Gasteiger partial charge in [0.1, 0.15) is 6.54 Å². The molecular weight excluding hydrogens is 282 g/mol. The normalized spacial score (nSPS) is 18.3. The summed E-state index contributed by atoms with van der Waals surface area (Å²) in [7, 11) is 0. The molecule has 0 fully saturated rings. The number of hydrogen-bond acceptors (Lipinski definition) is 4. The SMILES string of the molecule is O=C(O)CC1CSc2ccccc2N(CC(=O)O)C1=O. The summed E-state index contributed by atoms with van der Waals surface area (Å²) < 4.78 is 0. The molecule has 2 rings (SSSR count). The van der Waals surface area contributed by atoms with Crippen LogP contribution in [0.1, 0.15) is 6.42 Å². The van der Waals surface area contributed by atoms with Gasteiger partial charge in [-0.3, -0.25) is 19.3 Å². The second kappa shape index (κ2) is 5.96. The van der Waals surface area contributed by atoms with Gasteiger partial charge in [0.05, 0.1) is 18.0 Å². The first-order chi connectivity index (χ1) is 9.49. The van der Waals surface area contributed by atoms with Crippen LogP contribution in [0, 0.1) is 5.92 Å². The van der Waals surface area contributed by atoms with Gasteiger partial charge in [-0.15, -0.1) is 11.8 Å². The highest BCUT2D eigenvalue weighted by molar-refractivity contribution is 7.99. The molecule has 6 nitrogen and oxygen atoms in total. The predicted octanol–water partition coefficient (Wildman–Crippen LogP) is 1.30. The minimum absolute atomic E-state index is 0.296. The molecule has 7 heteroatoms. The average molecular weight is 295 g/mol. The zero-order valence-corrected chi connectivity index (χ0v) is 11.3. The van der Waals surface area contributed by atoms with Crippen LogP contribution in [0.25, 0.3) is 0 Å². The van der Waals surface area contributed by atoms with Crippen LogP contribution >= 0.6 is 11.8 Å². The molecule has 0 aliphatic carbocycles. The smallest absolute Gasteiger partial charge is 0.323 e. The molecule has 20 heavy (non-hydrogen) atoms. The van der Waals surface area contributed by atoms with E-state index in [0.717, 1.165) is 9.80 Å². The van der Waals surface area contributed by atoms with Crippen molar-refractivity contribution < 1.29 is 24.6 Å². The maximum atomic E-state index is 12.4. The number of thioether (sulfide) groups is 1. The number of para-hydroxylation sites is 1. The molecule has 1 aromatic carbocycles. The van der Waals surface area contributed by atoms with Crippen LogP contribution in [-0.4, -0.2) is 40.4 Å². The second-order valence-electron chi connectivity index (χ2n) is 4.39. The lowest BCUT2D eigenvalue weighted by Crippen LogP contribution is -2.40. The zero-order valence-electron chi connectivity index (χ0n) is 10.5. The summed E-state index contributed by atoms with van der Waals surface area (Å²) in [5.41, 5.74) is 0.526. The highest BCUT2D eigenvalue weighted by atomic mass is 32.2. The van der Waals surface area contributed by atoms with Crippen molar-refractivity contribution in [1.29, 1.82) is 0 Å². The maximum Gasteiger partial charge on any atom is 0.323 e. The van der Waals surface area contributed by atoms with Crippen molar-refractivity contribution in [3.05, 3.63) is 24.3 Å². The monoisotopic (exact) mass is 295 g/mol. The van der Waals surface area contributed by atoms with E-state index >= 15 is 0 Å². The fourth-order valence-corrected chi connectivity index (χ4v) is 3.20. The standard InChI is InChI=1S/C13H13NO5S/c15-11(16)5-8-7-20-10-4-2-1-3-9(10)14(13(8)19)6-12(17)18/h1-4,8H,5-7H2,(H,15,16)(H,17,18). The van der Waals surface area contributed by atoms with E-state index in [1.165, 1.54) is 11.8 Å². The molecule has 0 bridgehead atoms. The summed E-state index contributed by atoms with van der Waals surface area (Å²) in [5.74, 6) is -3.03. The first-order valence-electron chi connectivity index (χ1n) is 5.96. The number of benzene rings is 1. The van der Waals surface area contributed by atoms with Gasteiger partial charge < -0.3 is 10.2 Å². The van der Waals surface area contributed by atoms with Crippen LogP contribution in [-0.2, 0) is 14.4 Å². The minimum Gasteiger partial charge on any atom is -0.481 e. The number of carbonyl (C=O) groups is 3. The quantitative estimate of drug-likeness (QED) is 0.869. The first-order valence-corrected chi connectivity index (χ1v) is 6.94. The van der Waals surface area contributed by atoms with Gasteiger partial charge in [0, 0.05) is 10.6 Å². The number of carbonyl (C=O) groups excluding carboxylic acids is 1. The van der Waals surface area contributed by atoms with Crippen LogP contribution in [0.3, 0.4) is 0 Å². The highest BCUT2D eigenvalue weighted by Crippen LogP contribution is 2.36. The Labute approximate surface area is 119 Å². The van der Waals surface area contributed by atoms with E-state index in [0.29, 0.717) is 11.4 Å². The molecule has 0 spiro atoms. The van der Waals surface area contributed by atoms with Crippen molar-refractivity contribution in [1.82, 2.24) is 0 Å². The van der Waals surface area contributed by atoms with Gasteiger partial charge in [-0.2, -0.15) is 0 Å². The Hall–Kier alpha value is -2.02. The van der Waals surface area contributed by atoms with Gasteiger partial charge in [-0.1, -0.05) is 12.1 Å². The molecule has 1 atom stereocenters. The lowest BCUT2D eigenvalue weighted by Gasteiger charge is -2.23. The van der Waals surface area contributed by atoms with Gasteiger partial charge in [0.15, 0.2) is 0 Å². The third-order valence-corrected chi connectivity index (χ3v) is 4.15. The number of fused-ring (bicyclic) bond motifs is 1. The van der Waals surface area contributed by atoms with Crippen molar-refractivity contribution >= 4 is 35.3 Å². The van der Waals surface area contributed by atoms with Gasteiger partial charge in [-0.05, 0) is 12.1 Å². The third kappa shape index (κ3) is 3.11. The largest absolute Gasteiger partial charge is 0.481 e. The summed E-state index contributed by atoms with van der Waals surface area (Å²) in [6, 6.07) is 6.99. The van der Waals surface area contributed by atoms with Crippen LogP contribution < -0.4 is 4.90 Å². The Kier molecular flexibility index (Phi) is 4.29. The average Bonchev–Trinajstić information content (AvgIpc) is 2.50. The van der Waals surface area contributed by atoms with Gasteiger partial charge in [0.2, 0.25) is 5.91 Å². The highest BCUT2D eigenvalue weighted by Gasteiger charge is 2.33. The summed E-state index contributed by atoms with van der Waals surface area (Å²) >= 11 is 1.38. The molecule has 0 radical (unpaired) electrons. The molecule has 0 saturated heterocycles. The Morgan fingerprint density at radius 1 is 1.25 bits per heavy atom. The first kappa shape index (κ1) is 14.4. The number of carboxylic acids is 2. The number of aliphatic carboxylic acids is 2. The molecule has 1 amide bonds. The predicted molar refractivity (Wildman–Crippen MR) is 72.9 cm³/mol. The van der Waals surface area contributed by atoms with Crippen LogP contribution in [0.4, 0.5) is 5.69 Å². The Morgan fingerprint density at radius 3 is 2.60 bits per heavy atom. The third-order valence-electron chi connectivity index (χ3n) is 2.93. The van der Waals surface area contributed by atoms with Crippen molar-refractivity contribution in [2.24, 2.45) is 5.92 Å². The second-order valence-corrected chi connectivity index (χ2v) is 5.45. The molecule has 106 valence electrons. The van der Waals surface area contributed by atoms with E-state index in [1.807, 2.05) is 0 Å². The number of carboxylic acid groups (broad SMARTS) is 2. The molecular formula is C13H13NO5S. The van der Waals surface area contributed by atoms with Gasteiger partial charge >= 0.3 is 11.9 Å². The fourth-order valence-electron chi connectivity index (χ4n) is 2.06. The number of rotatable bonds is 4. The fraction of sp³-hybridized carbons (Fsp3) is 0.308. The van der Waals surface area contributed by atoms with Crippen molar-refractivity contribution in [3.8, 4) is 0 Å². The van der Waals surface area contributed by atoms with Crippen molar-refractivity contribution in [2.45, 2.75) is 11.3 Å². The molecule has 1 unspecified atom stereocenters. The zero-order chi connectivity index (χ0) is 14.7. The molecule has 1 aromatic rings. The summed E-state index contributed by atoms with van der Waals surface area (Å²) in [6.07, 6.45) is -0.296. The Morgan fingerprint density at radius 2 is 1.95 bits per heavy atom. The summed E-state index contributed by atoms with van der Waals surface area (Å²) in [4.78, 5) is 36.1. The molecule has 1 heterocycles. The van der Waals surface area contributed by atoms with Gasteiger partial charge in [0.25, 0.3) is 0 Å². The van der Waals surface area contributed by atoms with E-state index < -0.39 is 30.3 Å². The molecule has 2 N–H and O–H groups in total.